The van der Waals surface area contributed by atoms with Gasteiger partial charge in [0, 0.05) is 0 Å². The first-order valence-electron chi connectivity index (χ1n) is 10.6. The Morgan fingerprint density at radius 3 is 2.60 bits per heavy atom. The van der Waals surface area contributed by atoms with E-state index in [1.807, 2.05) is 52.4 Å². The van der Waals surface area contributed by atoms with Crippen molar-refractivity contribution in [2.45, 2.75) is 39.8 Å². The van der Waals surface area contributed by atoms with Crippen molar-refractivity contribution in [3.05, 3.63) is 68.7 Å². The molecule has 5 rings (SSSR count). The summed E-state index contributed by atoms with van der Waals surface area (Å²) in [5, 5.41) is 5.52. The molecule has 7 heteroatoms. The second-order valence-corrected chi connectivity index (χ2v) is 8.70. The van der Waals surface area contributed by atoms with Gasteiger partial charge in [0.15, 0.2) is 6.67 Å². The van der Waals surface area contributed by atoms with Gasteiger partial charge in [-0.2, -0.15) is 4.68 Å². The predicted octanol–water partition coefficient (Wildman–Crippen LogP) is 2.81. The lowest BCUT2D eigenvalue weighted by molar-refractivity contribution is -0.928. The topological polar surface area (TPSA) is 48.7 Å². The molecule has 0 spiro atoms. The maximum absolute atomic E-state index is 13.6. The van der Waals surface area contributed by atoms with Gasteiger partial charge < -0.3 is 4.90 Å². The van der Waals surface area contributed by atoms with Crippen molar-refractivity contribution in [3.63, 3.8) is 0 Å². The molecule has 1 aliphatic heterocycles. The lowest BCUT2D eigenvalue weighted by Crippen LogP contribution is -3.12. The highest BCUT2D eigenvalue weighted by molar-refractivity contribution is 7.71. The van der Waals surface area contributed by atoms with Crippen LogP contribution in [0.4, 0.5) is 0 Å². The number of para-hydroxylation sites is 1. The number of piperidine rings is 1. The molecule has 1 saturated heterocycles. The zero-order valence-electron chi connectivity index (χ0n) is 17.4. The molecular formula is C23H26N5OS+. The predicted molar refractivity (Wildman–Crippen MR) is 121 cm³/mol. The van der Waals surface area contributed by atoms with Crippen LogP contribution in [0.25, 0.3) is 22.4 Å². The summed E-state index contributed by atoms with van der Waals surface area (Å²) in [6, 6.07) is 13.8. The molecule has 0 bridgehead atoms. The van der Waals surface area contributed by atoms with Gasteiger partial charge in [0.25, 0.3) is 5.56 Å². The van der Waals surface area contributed by atoms with Crippen LogP contribution in [-0.4, -0.2) is 31.8 Å². The first kappa shape index (κ1) is 19.2. The zero-order valence-corrected chi connectivity index (χ0v) is 18.2. The van der Waals surface area contributed by atoms with Crippen LogP contribution in [0.2, 0.25) is 0 Å². The molecule has 0 saturated carbocycles. The van der Waals surface area contributed by atoms with Crippen LogP contribution in [0, 0.1) is 18.6 Å². The Morgan fingerprint density at radius 2 is 1.83 bits per heavy atom. The highest BCUT2D eigenvalue weighted by atomic mass is 32.1. The van der Waals surface area contributed by atoms with Crippen LogP contribution in [0.1, 0.15) is 30.4 Å². The van der Waals surface area contributed by atoms with Crippen molar-refractivity contribution < 1.29 is 4.90 Å². The molecule has 1 N–H and O–H groups in total. The van der Waals surface area contributed by atoms with Crippen LogP contribution < -0.4 is 10.5 Å². The van der Waals surface area contributed by atoms with Crippen molar-refractivity contribution >= 4 is 28.9 Å². The molecule has 0 atom stereocenters. The third-order valence-electron chi connectivity index (χ3n) is 6.13. The van der Waals surface area contributed by atoms with Crippen molar-refractivity contribution in [3.8, 4) is 5.69 Å². The van der Waals surface area contributed by atoms with Crippen molar-refractivity contribution in [1.29, 1.82) is 0 Å². The lowest BCUT2D eigenvalue weighted by Gasteiger charge is -2.22. The molecule has 154 valence electrons. The summed E-state index contributed by atoms with van der Waals surface area (Å²) >= 11 is 5.86. The number of nitrogens with one attached hydrogen (secondary N) is 1. The van der Waals surface area contributed by atoms with Gasteiger partial charge in [0.05, 0.1) is 29.7 Å². The first-order valence-corrected chi connectivity index (χ1v) is 11.0. The Balaban J connectivity index is 1.82. The highest BCUT2D eigenvalue weighted by Crippen LogP contribution is 2.20. The normalized spacial score (nSPS) is 15.3. The van der Waals surface area contributed by atoms with Gasteiger partial charge >= 0.3 is 0 Å². The minimum absolute atomic E-state index is 0.0671. The summed E-state index contributed by atoms with van der Waals surface area (Å²) in [7, 11) is 0. The Bertz CT molecular complexity index is 1370. The fourth-order valence-electron chi connectivity index (χ4n) is 4.61. The van der Waals surface area contributed by atoms with E-state index in [2.05, 4.69) is 13.0 Å². The molecule has 1 fully saturated rings. The number of fused-ring (bicyclic) bond motifs is 3. The SMILES string of the molecule is Cc1ccc(-n2c(=O)c3ccccc3n3c(=S)n(C[NH+]4CCCCC4)nc23)c(C)c1. The van der Waals surface area contributed by atoms with Crippen molar-refractivity contribution in [2.75, 3.05) is 13.1 Å². The molecule has 3 heterocycles. The van der Waals surface area contributed by atoms with Crippen LogP contribution in [0.15, 0.2) is 47.3 Å². The summed E-state index contributed by atoms with van der Waals surface area (Å²) in [6.07, 6.45) is 3.79. The number of nitrogens with zero attached hydrogens (tertiary/aromatic N) is 4. The van der Waals surface area contributed by atoms with E-state index in [4.69, 9.17) is 17.3 Å². The van der Waals surface area contributed by atoms with Crippen LogP contribution >= 0.6 is 12.2 Å². The summed E-state index contributed by atoms with van der Waals surface area (Å²) < 4.78 is 6.21. The van der Waals surface area contributed by atoms with Crippen LogP contribution in [0.5, 0.6) is 0 Å². The van der Waals surface area contributed by atoms with Gasteiger partial charge in [-0.3, -0.25) is 9.20 Å². The highest BCUT2D eigenvalue weighted by Gasteiger charge is 2.20. The van der Waals surface area contributed by atoms with E-state index >= 15 is 0 Å². The minimum Gasteiger partial charge on any atom is -0.316 e. The van der Waals surface area contributed by atoms with Gasteiger partial charge in [-0.15, -0.1) is 5.10 Å². The Kier molecular flexibility index (Phi) is 4.79. The van der Waals surface area contributed by atoms with E-state index in [0.29, 0.717) is 15.9 Å². The first-order chi connectivity index (χ1) is 14.5. The third-order valence-corrected chi connectivity index (χ3v) is 6.52. The van der Waals surface area contributed by atoms with Gasteiger partial charge in [-0.25, -0.2) is 4.57 Å². The van der Waals surface area contributed by atoms with Crippen molar-refractivity contribution in [1.82, 2.24) is 18.7 Å². The van der Waals surface area contributed by atoms with E-state index in [9.17, 15) is 4.79 Å². The number of hydrogen-bond donors (Lipinski definition) is 1. The monoisotopic (exact) mass is 420 g/mol. The van der Waals surface area contributed by atoms with E-state index < -0.39 is 0 Å². The number of aryl methyl sites for hydroxylation is 2. The van der Waals surface area contributed by atoms with Gasteiger partial charge in [-0.05, 0) is 69.1 Å². The average Bonchev–Trinajstić information content (AvgIpc) is 3.06. The molecule has 0 unspecified atom stereocenters. The summed E-state index contributed by atoms with van der Waals surface area (Å²) in [5.41, 5.74) is 3.79. The number of benzene rings is 2. The van der Waals surface area contributed by atoms with Crippen molar-refractivity contribution in [2.24, 2.45) is 0 Å². The van der Waals surface area contributed by atoms with Crippen LogP contribution in [0.3, 0.4) is 0 Å². The third kappa shape index (κ3) is 3.09. The molecule has 0 aliphatic carbocycles. The van der Waals surface area contributed by atoms with E-state index in [1.165, 1.54) is 24.2 Å². The number of rotatable bonds is 3. The number of aromatic nitrogens is 4. The fraction of sp³-hybridized carbons (Fsp3) is 0.348. The molecule has 0 amide bonds. The molecule has 4 aromatic rings. The largest absolute Gasteiger partial charge is 0.316 e. The summed E-state index contributed by atoms with van der Waals surface area (Å²) in [6.45, 7) is 7.10. The average molecular weight is 421 g/mol. The lowest BCUT2D eigenvalue weighted by atomic mass is 10.1. The molecular weight excluding hydrogens is 394 g/mol. The maximum Gasteiger partial charge on any atom is 0.267 e. The molecule has 2 aromatic carbocycles. The molecule has 1 aliphatic rings. The fourth-order valence-corrected chi connectivity index (χ4v) is 4.90. The van der Waals surface area contributed by atoms with E-state index in [-0.39, 0.29) is 5.56 Å². The molecule has 6 nitrogen and oxygen atoms in total. The minimum atomic E-state index is -0.0671. The van der Waals surface area contributed by atoms with E-state index in [0.717, 1.165) is 42.1 Å². The second-order valence-electron chi connectivity index (χ2n) is 8.33. The number of likely N-dealkylation sites (tertiary alicyclic amines) is 1. The Morgan fingerprint density at radius 1 is 1.07 bits per heavy atom. The number of hydrogen-bond acceptors (Lipinski definition) is 3. The Labute approximate surface area is 180 Å². The van der Waals surface area contributed by atoms with Gasteiger partial charge in [-0.1, -0.05) is 29.8 Å². The molecule has 2 aromatic heterocycles. The van der Waals surface area contributed by atoms with Gasteiger partial charge in [0.1, 0.15) is 0 Å². The smallest absolute Gasteiger partial charge is 0.267 e. The Hall–Kier alpha value is -2.77. The standard InChI is InChI=1S/C23H25N5OS/c1-16-10-11-19(17(2)14-16)27-21(29)18-8-4-5-9-20(18)28-22(27)24-26(23(28)30)15-25-12-6-3-7-13-25/h4-5,8-11,14H,3,6-7,12-13,15H2,1-2H3/p+1. The molecule has 0 radical (unpaired) electrons. The second kappa shape index (κ2) is 7.49. The molecule has 30 heavy (non-hydrogen) atoms. The summed E-state index contributed by atoms with van der Waals surface area (Å²) in [5.74, 6) is 0.576. The van der Waals surface area contributed by atoms with E-state index in [1.54, 1.807) is 4.57 Å². The van der Waals surface area contributed by atoms with Crippen LogP contribution in [-0.2, 0) is 6.67 Å². The zero-order chi connectivity index (χ0) is 20.8. The quantitative estimate of drug-likeness (QED) is 0.519. The summed E-state index contributed by atoms with van der Waals surface area (Å²) in [4.78, 5) is 15.0. The number of quaternary nitrogens is 1. The maximum atomic E-state index is 13.6. The van der Waals surface area contributed by atoms with Gasteiger partial charge in [0.2, 0.25) is 10.5 Å².